The summed E-state index contributed by atoms with van der Waals surface area (Å²) in [7, 11) is 0. The van der Waals surface area contributed by atoms with Crippen molar-refractivity contribution in [3.05, 3.63) is 77.4 Å². The van der Waals surface area contributed by atoms with Gasteiger partial charge in [0.25, 0.3) is 0 Å². The molecule has 0 saturated carbocycles. The topological polar surface area (TPSA) is 62.8 Å². The molecule has 0 aliphatic heterocycles. The van der Waals surface area contributed by atoms with E-state index in [2.05, 4.69) is 44.8 Å². The van der Waals surface area contributed by atoms with Crippen molar-refractivity contribution in [2.45, 2.75) is 26.4 Å². The lowest BCUT2D eigenvalue weighted by Gasteiger charge is -2.16. The van der Waals surface area contributed by atoms with Crippen LogP contribution in [0, 0.1) is 6.92 Å². The first-order chi connectivity index (χ1) is 11.8. The predicted molar refractivity (Wildman–Crippen MR) is 93.9 cm³/mol. The lowest BCUT2D eigenvalue weighted by Crippen LogP contribution is -2.23. The van der Waals surface area contributed by atoms with Crippen LogP contribution < -0.4 is 10.1 Å². The Labute approximate surface area is 142 Å². The van der Waals surface area contributed by atoms with Crippen LogP contribution in [0.25, 0.3) is 0 Å². The molecule has 1 atom stereocenters. The van der Waals surface area contributed by atoms with E-state index in [1.165, 1.54) is 0 Å². The Hall–Kier alpha value is -2.66. The number of aryl methyl sites for hydroxylation is 1. The maximum atomic E-state index is 5.57. The minimum Gasteiger partial charge on any atom is -0.494 e. The van der Waals surface area contributed by atoms with E-state index in [1.807, 2.05) is 44.2 Å². The summed E-state index contributed by atoms with van der Waals surface area (Å²) in [5, 5.41) is 10.8. The fourth-order valence-electron chi connectivity index (χ4n) is 2.62. The van der Waals surface area contributed by atoms with Crippen molar-refractivity contribution in [2.24, 2.45) is 0 Å². The molecule has 5 nitrogen and oxygen atoms in total. The van der Waals surface area contributed by atoms with Gasteiger partial charge in [0, 0.05) is 6.54 Å². The summed E-state index contributed by atoms with van der Waals surface area (Å²) in [5.41, 5.74) is 2.30. The van der Waals surface area contributed by atoms with Crippen LogP contribution in [0.5, 0.6) is 5.75 Å². The van der Waals surface area contributed by atoms with Crippen molar-refractivity contribution in [1.82, 2.24) is 20.5 Å². The Morgan fingerprint density at radius 3 is 2.67 bits per heavy atom. The number of hydrogen-bond acceptors (Lipinski definition) is 4. The van der Waals surface area contributed by atoms with Gasteiger partial charge in [0.05, 0.1) is 12.6 Å². The maximum Gasteiger partial charge on any atom is 0.172 e. The largest absolute Gasteiger partial charge is 0.494 e. The fraction of sp³-hybridized carbons (Fsp3) is 0.263. The van der Waals surface area contributed by atoms with Crippen LogP contribution in [-0.2, 0) is 6.54 Å². The van der Waals surface area contributed by atoms with E-state index in [0.29, 0.717) is 13.2 Å². The molecule has 0 aliphatic carbocycles. The molecule has 0 amide bonds. The monoisotopic (exact) mass is 322 g/mol. The van der Waals surface area contributed by atoms with Crippen LogP contribution in [-0.4, -0.2) is 21.8 Å². The zero-order valence-electron chi connectivity index (χ0n) is 14.0. The third-order valence-electron chi connectivity index (χ3n) is 3.73. The molecule has 0 bridgehead atoms. The van der Waals surface area contributed by atoms with E-state index in [-0.39, 0.29) is 6.04 Å². The van der Waals surface area contributed by atoms with E-state index < -0.39 is 0 Å². The first kappa shape index (κ1) is 16.2. The van der Waals surface area contributed by atoms with Crippen molar-refractivity contribution in [3.63, 3.8) is 0 Å². The van der Waals surface area contributed by atoms with Crippen molar-refractivity contribution in [3.8, 4) is 5.75 Å². The molecule has 2 aromatic carbocycles. The van der Waals surface area contributed by atoms with E-state index in [1.54, 1.807) is 0 Å². The molecule has 3 rings (SSSR count). The average Bonchev–Trinajstić information content (AvgIpc) is 3.03. The summed E-state index contributed by atoms with van der Waals surface area (Å²) < 4.78 is 5.57. The minimum absolute atomic E-state index is 0.0631. The normalized spacial score (nSPS) is 12.1. The first-order valence-corrected chi connectivity index (χ1v) is 8.15. The molecule has 1 heterocycles. The molecular formula is C19H22N4O. The van der Waals surface area contributed by atoms with Crippen LogP contribution in [0.2, 0.25) is 0 Å². The second-order valence-electron chi connectivity index (χ2n) is 5.58. The highest BCUT2D eigenvalue weighted by molar-refractivity contribution is 5.29. The number of nitrogens with one attached hydrogen (secondary N) is 2. The summed E-state index contributed by atoms with van der Waals surface area (Å²) in [4.78, 5) is 4.49. The molecule has 3 aromatic rings. The molecule has 0 radical (unpaired) electrons. The number of aromatic nitrogens is 3. The Bertz CT molecular complexity index is 770. The molecule has 1 unspecified atom stereocenters. The van der Waals surface area contributed by atoms with E-state index >= 15 is 0 Å². The number of rotatable bonds is 7. The molecule has 2 N–H and O–H groups in total. The Balaban J connectivity index is 1.79. The first-order valence-electron chi connectivity index (χ1n) is 8.15. The van der Waals surface area contributed by atoms with Crippen LogP contribution in [0.1, 0.15) is 35.7 Å². The van der Waals surface area contributed by atoms with Gasteiger partial charge in [-0.25, -0.2) is 4.98 Å². The summed E-state index contributed by atoms with van der Waals surface area (Å²) in [6, 6.07) is 18.3. The van der Waals surface area contributed by atoms with Crippen molar-refractivity contribution in [1.29, 1.82) is 0 Å². The molecular weight excluding hydrogens is 300 g/mol. The average molecular weight is 322 g/mol. The lowest BCUT2D eigenvalue weighted by molar-refractivity contribution is 0.339. The Kier molecular flexibility index (Phi) is 5.23. The molecule has 124 valence electrons. The third-order valence-corrected chi connectivity index (χ3v) is 3.73. The minimum atomic E-state index is -0.0631. The van der Waals surface area contributed by atoms with Gasteiger partial charge in [0.15, 0.2) is 5.82 Å². The number of aromatic amines is 1. The van der Waals surface area contributed by atoms with Crippen molar-refractivity contribution in [2.75, 3.05) is 6.61 Å². The van der Waals surface area contributed by atoms with Gasteiger partial charge in [0.1, 0.15) is 11.6 Å². The lowest BCUT2D eigenvalue weighted by atomic mass is 10.1. The smallest absolute Gasteiger partial charge is 0.172 e. The predicted octanol–water partition coefficient (Wildman–Crippen LogP) is 3.39. The van der Waals surface area contributed by atoms with Gasteiger partial charge in [-0.2, -0.15) is 5.10 Å². The molecule has 0 spiro atoms. The highest BCUT2D eigenvalue weighted by atomic mass is 16.5. The number of benzene rings is 2. The highest BCUT2D eigenvalue weighted by Gasteiger charge is 2.17. The van der Waals surface area contributed by atoms with Gasteiger partial charge in [-0.15, -0.1) is 0 Å². The quantitative estimate of drug-likeness (QED) is 0.700. The van der Waals surface area contributed by atoms with Gasteiger partial charge in [-0.05, 0) is 37.1 Å². The summed E-state index contributed by atoms with van der Waals surface area (Å²) in [6.07, 6.45) is 0. The zero-order chi connectivity index (χ0) is 16.8. The SMILES string of the molecule is CCOc1cccc(CNC(c2ccccc2)c2n[nH]c(C)n2)c1. The summed E-state index contributed by atoms with van der Waals surface area (Å²) >= 11 is 0. The molecule has 0 fully saturated rings. The number of hydrogen-bond donors (Lipinski definition) is 2. The van der Waals surface area contributed by atoms with Gasteiger partial charge in [0.2, 0.25) is 0 Å². The number of nitrogens with zero attached hydrogens (tertiary/aromatic N) is 2. The Morgan fingerprint density at radius 2 is 1.96 bits per heavy atom. The molecule has 0 aliphatic rings. The van der Waals surface area contributed by atoms with E-state index in [0.717, 1.165) is 28.5 Å². The Morgan fingerprint density at radius 1 is 1.12 bits per heavy atom. The summed E-state index contributed by atoms with van der Waals surface area (Å²) in [6.45, 7) is 5.26. The van der Waals surface area contributed by atoms with E-state index in [9.17, 15) is 0 Å². The van der Waals surface area contributed by atoms with Gasteiger partial charge in [-0.1, -0.05) is 42.5 Å². The maximum absolute atomic E-state index is 5.57. The van der Waals surface area contributed by atoms with Gasteiger partial charge < -0.3 is 4.74 Å². The second kappa shape index (κ2) is 7.75. The third kappa shape index (κ3) is 4.00. The van der Waals surface area contributed by atoms with Crippen molar-refractivity contribution < 1.29 is 4.74 Å². The fourth-order valence-corrected chi connectivity index (χ4v) is 2.62. The standard InChI is InChI=1S/C19H22N4O/c1-3-24-17-11-7-8-15(12-17)13-20-18(16-9-5-4-6-10-16)19-21-14(2)22-23-19/h4-12,18,20H,3,13H2,1-2H3,(H,21,22,23). The van der Waals surface area contributed by atoms with Crippen LogP contribution in [0.4, 0.5) is 0 Å². The van der Waals surface area contributed by atoms with Gasteiger partial charge >= 0.3 is 0 Å². The zero-order valence-corrected chi connectivity index (χ0v) is 14.0. The molecule has 0 saturated heterocycles. The van der Waals surface area contributed by atoms with Crippen LogP contribution in [0.3, 0.4) is 0 Å². The van der Waals surface area contributed by atoms with Crippen molar-refractivity contribution >= 4 is 0 Å². The van der Waals surface area contributed by atoms with E-state index in [4.69, 9.17) is 4.74 Å². The number of ether oxygens (including phenoxy) is 1. The molecule has 5 heteroatoms. The van der Waals surface area contributed by atoms with Crippen LogP contribution >= 0.6 is 0 Å². The molecule has 24 heavy (non-hydrogen) atoms. The second-order valence-corrected chi connectivity index (χ2v) is 5.58. The number of H-pyrrole nitrogens is 1. The van der Waals surface area contributed by atoms with Crippen LogP contribution in [0.15, 0.2) is 54.6 Å². The summed E-state index contributed by atoms with van der Waals surface area (Å²) in [5.74, 6) is 2.45. The van der Waals surface area contributed by atoms with Gasteiger partial charge in [-0.3, -0.25) is 10.4 Å². The molecule has 1 aromatic heterocycles. The highest BCUT2D eigenvalue weighted by Crippen LogP contribution is 2.20.